The molecule has 0 saturated carbocycles. The average molecular weight is 272 g/mol. The molecule has 0 aliphatic carbocycles. The number of pyridine rings is 1. The van der Waals surface area contributed by atoms with E-state index in [1.165, 1.54) is 22.2 Å². The van der Waals surface area contributed by atoms with Crippen molar-refractivity contribution in [2.75, 3.05) is 5.32 Å². The first kappa shape index (κ1) is 12.2. The fourth-order valence-electron chi connectivity index (χ4n) is 2.98. The van der Waals surface area contributed by atoms with Crippen molar-refractivity contribution >= 4 is 22.2 Å². The molecule has 1 aliphatic rings. The van der Waals surface area contributed by atoms with E-state index in [9.17, 15) is 0 Å². The molecule has 3 aromatic rings. The van der Waals surface area contributed by atoms with E-state index in [-0.39, 0.29) is 0 Å². The van der Waals surface area contributed by atoms with E-state index in [0.29, 0.717) is 5.92 Å². The number of benzene rings is 2. The van der Waals surface area contributed by atoms with Crippen LogP contribution in [0.4, 0.5) is 5.69 Å². The number of hydrogen-bond acceptors (Lipinski definition) is 2. The summed E-state index contributed by atoms with van der Waals surface area (Å²) in [6.07, 6.45) is 2.09. The number of nitrogens with zero attached hydrogens (tertiary/aromatic N) is 1. The zero-order valence-electron chi connectivity index (χ0n) is 11.9. The second-order valence-corrected chi connectivity index (χ2v) is 5.44. The lowest BCUT2D eigenvalue weighted by molar-refractivity contribution is 0.967. The van der Waals surface area contributed by atoms with E-state index in [4.69, 9.17) is 4.98 Å². The predicted octanol–water partition coefficient (Wildman–Crippen LogP) is 4.80. The molecule has 0 radical (unpaired) electrons. The topological polar surface area (TPSA) is 24.9 Å². The third-order valence-electron chi connectivity index (χ3n) is 4.17. The Kier molecular flexibility index (Phi) is 2.74. The van der Waals surface area contributed by atoms with Gasteiger partial charge < -0.3 is 5.32 Å². The first-order chi connectivity index (χ1) is 10.3. The van der Waals surface area contributed by atoms with Crippen LogP contribution in [0, 0.1) is 0 Å². The molecule has 0 bridgehead atoms. The van der Waals surface area contributed by atoms with E-state index in [0.717, 1.165) is 11.2 Å². The molecule has 0 amide bonds. The van der Waals surface area contributed by atoms with E-state index in [1.807, 2.05) is 12.1 Å². The maximum Gasteiger partial charge on any atom is 0.0709 e. The smallest absolute Gasteiger partial charge is 0.0709 e. The van der Waals surface area contributed by atoms with Crippen molar-refractivity contribution in [3.63, 3.8) is 0 Å². The van der Waals surface area contributed by atoms with Crippen LogP contribution in [0.1, 0.15) is 24.1 Å². The van der Waals surface area contributed by atoms with Crippen molar-refractivity contribution < 1.29 is 0 Å². The second kappa shape index (κ2) is 4.74. The summed E-state index contributed by atoms with van der Waals surface area (Å²) in [6, 6.07) is 20.9. The normalized spacial score (nSPS) is 17.0. The van der Waals surface area contributed by atoms with Gasteiger partial charge in [-0.05, 0) is 23.8 Å². The third-order valence-corrected chi connectivity index (χ3v) is 4.17. The number of anilines is 1. The van der Waals surface area contributed by atoms with Gasteiger partial charge in [0.05, 0.1) is 11.2 Å². The SMILES string of the molecule is C[C@H]1C(c2ccc3ccccc3n2)=CNc2ccccc21. The highest BCUT2D eigenvalue weighted by atomic mass is 14.9. The van der Waals surface area contributed by atoms with E-state index in [2.05, 4.69) is 67.0 Å². The summed E-state index contributed by atoms with van der Waals surface area (Å²) in [7, 11) is 0. The third kappa shape index (κ3) is 2.00. The molecule has 1 aromatic heterocycles. The van der Waals surface area contributed by atoms with Gasteiger partial charge in [0.15, 0.2) is 0 Å². The van der Waals surface area contributed by atoms with Crippen LogP contribution in [0.5, 0.6) is 0 Å². The number of hydrogen-bond donors (Lipinski definition) is 1. The van der Waals surface area contributed by atoms with Crippen LogP contribution in [0.2, 0.25) is 0 Å². The molecule has 2 nitrogen and oxygen atoms in total. The number of para-hydroxylation sites is 2. The van der Waals surface area contributed by atoms with Crippen molar-refractivity contribution in [2.45, 2.75) is 12.8 Å². The zero-order valence-corrected chi connectivity index (χ0v) is 11.9. The highest BCUT2D eigenvalue weighted by Crippen LogP contribution is 2.38. The summed E-state index contributed by atoms with van der Waals surface area (Å²) >= 11 is 0. The van der Waals surface area contributed by atoms with Crippen LogP contribution in [-0.2, 0) is 0 Å². The second-order valence-electron chi connectivity index (χ2n) is 5.44. The maximum absolute atomic E-state index is 4.81. The molecule has 2 aromatic carbocycles. The summed E-state index contributed by atoms with van der Waals surface area (Å²) in [5.41, 5.74) is 5.84. The minimum atomic E-state index is 0.344. The summed E-state index contributed by atoms with van der Waals surface area (Å²) in [5, 5.41) is 4.57. The number of allylic oxidation sites excluding steroid dienone is 1. The fraction of sp³-hybridized carbons (Fsp3) is 0.105. The van der Waals surface area contributed by atoms with Crippen LogP contribution in [0.25, 0.3) is 16.5 Å². The highest BCUT2D eigenvalue weighted by molar-refractivity contribution is 5.84. The Bertz CT molecular complexity index is 849. The van der Waals surface area contributed by atoms with E-state index >= 15 is 0 Å². The lowest BCUT2D eigenvalue weighted by atomic mass is 9.87. The summed E-state index contributed by atoms with van der Waals surface area (Å²) in [6.45, 7) is 2.24. The fourth-order valence-corrected chi connectivity index (χ4v) is 2.98. The van der Waals surface area contributed by atoms with Crippen LogP contribution in [-0.4, -0.2) is 4.98 Å². The Labute approximate surface area is 124 Å². The quantitative estimate of drug-likeness (QED) is 0.688. The van der Waals surface area contributed by atoms with Gasteiger partial charge in [-0.3, -0.25) is 0 Å². The molecule has 4 rings (SSSR count). The van der Waals surface area contributed by atoms with Crippen molar-refractivity contribution in [2.24, 2.45) is 0 Å². The van der Waals surface area contributed by atoms with Gasteiger partial charge in [-0.2, -0.15) is 0 Å². The van der Waals surface area contributed by atoms with Crippen LogP contribution in [0.3, 0.4) is 0 Å². The molecule has 0 unspecified atom stereocenters. The summed E-state index contributed by atoms with van der Waals surface area (Å²) in [4.78, 5) is 4.81. The number of nitrogens with one attached hydrogen (secondary N) is 1. The van der Waals surface area contributed by atoms with Crippen LogP contribution >= 0.6 is 0 Å². The summed E-state index contributed by atoms with van der Waals surface area (Å²) < 4.78 is 0. The molecule has 21 heavy (non-hydrogen) atoms. The van der Waals surface area contributed by atoms with Gasteiger partial charge in [0.1, 0.15) is 0 Å². The summed E-state index contributed by atoms with van der Waals surface area (Å²) in [5.74, 6) is 0.344. The van der Waals surface area contributed by atoms with Crippen molar-refractivity contribution in [1.29, 1.82) is 0 Å². The van der Waals surface area contributed by atoms with Crippen molar-refractivity contribution in [3.8, 4) is 0 Å². The van der Waals surface area contributed by atoms with Gasteiger partial charge in [-0.15, -0.1) is 0 Å². The van der Waals surface area contributed by atoms with Gasteiger partial charge in [-0.1, -0.05) is 49.4 Å². The lowest BCUT2D eigenvalue weighted by Crippen LogP contribution is -2.10. The van der Waals surface area contributed by atoms with Gasteiger partial charge in [0.2, 0.25) is 0 Å². The molecular formula is C19H16N2. The van der Waals surface area contributed by atoms with Crippen molar-refractivity contribution in [3.05, 3.63) is 78.1 Å². The Morgan fingerprint density at radius 3 is 2.67 bits per heavy atom. The minimum Gasteiger partial charge on any atom is -0.361 e. The Morgan fingerprint density at radius 1 is 0.905 bits per heavy atom. The molecule has 1 N–H and O–H groups in total. The predicted molar refractivity (Wildman–Crippen MR) is 88.2 cm³/mol. The number of aromatic nitrogens is 1. The standard InChI is InChI=1S/C19H16N2/c1-13-15-7-3-5-9-18(15)20-12-16(13)19-11-10-14-6-2-4-8-17(14)21-19/h2-13,20H,1H3/t13-/m1/s1. The highest BCUT2D eigenvalue weighted by Gasteiger charge is 2.21. The Morgan fingerprint density at radius 2 is 1.71 bits per heavy atom. The lowest BCUT2D eigenvalue weighted by Gasteiger charge is -2.24. The van der Waals surface area contributed by atoms with E-state index in [1.54, 1.807) is 0 Å². The molecule has 102 valence electrons. The minimum absolute atomic E-state index is 0.344. The molecule has 0 spiro atoms. The molecule has 1 atom stereocenters. The molecular weight excluding hydrogens is 256 g/mol. The number of fused-ring (bicyclic) bond motifs is 2. The molecule has 1 aliphatic heterocycles. The Balaban J connectivity index is 1.81. The van der Waals surface area contributed by atoms with Crippen molar-refractivity contribution in [1.82, 2.24) is 4.98 Å². The molecule has 2 heterocycles. The first-order valence-corrected chi connectivity index (χ1v) is 7.24. The maximum atomic E-state index is 4.81. The van der Waals surface area contributed by atoms with Gasteiger partial charge >= 0.3 is 0 Å². The largest absolute Gasteiger partial charge is 0.361 e. The molecule has 2 heteroatoms. The molecule has 0 fully saturated rings. The van der Waals surface area contributed by atoms with Gasteiger partial charge in [-0.25, -0.2) is 4.98 Å². The van der Waals surface area contributed by atoms with Gasteiger partial charge in [0.25, 0.3) is 0 Å². The zero-order chi connectivity index (χ0) is 14.2. The molecule has 0 saturated heterocycles. The Hall–Kier alpha value is -2.61. The van der Waals surface area contributed by atoms with Crippen LogP contribution < -0.4 is 5.32 Å². The number of rotatable bonds is 1. The monoisotopic (exact) mass is 272 g/mol. The van der Waals surface area contributed by atoms with Gasteiger partial charge in [0, 0.05) is 28.8 Å². The average Bonchev–Trinajstić information content (AvgIpc) is 2.55. The first-order valence-electron chi connectivity index (χ1n) is 7.24. The van der Waals surface area contributed by atoms with Crippen LogP contribution in [0.15, 0.2) is 66.9 Å². The van der Waals surface area contributed by atoms with E-state index < -0.39 is 0 Å².